The number of anilines is 2. The number of rotatable bonds is 4. The number of thiazole rings is 1. The van der Waals surface area contributed by atoms with Crippen LogP contribution in [0, 0.1) is 0 Å². The van der Waals surface area contributed by atoms with E-state index in [9.17, 15) is 9.59 Å². The first-order chi connectivity index (χ1) is 18.9. The third-order valence-corrected chi connectivity index (χ3v) is 7.90. The molecule has 0 atom stereocenters. The van der Waals surface area contributed by atoms with Crippen LogP contribution in [0.5, 0.6) is 0 Å². The molecule has 4 aromatic rings. The highest BCUT2D eigenvalue weighted by atomic mass is 32.1. The molecular formula is C29H35N7O3S. The number of benzene rings is 1. The van der Waals surface area contributed by atoms with E-state index < -0.39 is 5.60 Å². The molecule has 1 saturated carbocycles. The summed E-state index contributed by atoms with van der Waals surface area (Å²) in [5.41, 5.74) is 3.94. The lowest BCUT2D eigenvalue weighted by Crippen LogP contribution is -2.39. The zero-order valence-electron chi connectivity index (χ0n) is 23.8. The molecule has 1 aliphatic heterocycles. The van der Waals surface area contributed by atoms with E-state index >= 15 is 0 Å². The maximum absolute atomic E-state index is 13.4. The lowest BCUT2D eigenvalue weighted by atomic mass is 9.93. The van der Waals surface area contributed by atoms with Crippen LogP contribution in [-0.2, 0) is 23.1 Å². The molecule has 1 aromatic carbocycles. The van der Waals surface area contributed by atoms with Gasteiger partial charge in [-0.25, -0.2) is 24.1 Å². The Morgan fingerprint density at radius 1 is 1.10 bits per heavy atom. The Labute approximate surface area is 237 Å². The van der Waals surface area contributed by atoms with Gasteiger partial charge in [0, 0.05) is 35.8 Å². The predicted octanol–water partition coefficient (Wildman–Crippen LogP) is 5.71. The number of nitrogens with one attached hydrogen (secondary N) is 1. The molecule has 0 saturated heterocycles. The van der Waals surface area contributed by atoms with Gasteiger partial charge in [-0.2, -0.15) is 4.98 Å². The van der Waals surface area contributed by atoms with Gasteiger partial charge in [-0.3, -0.25) is 4.79 Å². The van der Waals surface area contributed by atoms with Crippen molar-refractivity contribution < 1.29 is 9.53 Å². The van der Waals surface area contributed by atoms with Gasteiger partial charge in [0.15, 0.2) is 5.65 Å². The Morgan fingerprint density at radius 2 is 1.88 bits per heavy atom. The Hall–Kier alpha value is -3.73. The van der Waals surface area contributed by atoms with Crippen molar-refractivity contribution in [2.75, 3.05) is 11.9 Å². The van der Waals surface area contributed by atoms with Gasteiger partial charge >= 0.3 is 6.09 Å². The molecule has 11 heteroatoms. The second-order valence-corrected chi connectivity index (χ2v) is 13.5. The van der Waals surface area contributed by atoms with Crippen LogP contribution in [-0.4, -0.2) is 47.5 Å². The van der Waals surface area contributed by atoms with Gasteiger partial charge < -0.3 is 15.0 Å². The Balaban J connectivity index is 1.29. The molecule has 1 N–H and O–H groups in total. The van der Waals surface area contributed by atoms with E-state index in [1.165, 1.54) is 16.9 Å². The summed E-state index contributed by atoms with van der Waals surface area (Å²) in [7, 11) is 0. The highest BCUT2D eigenvalue weighted by Crippen LogP contribution is 2.37. The average molecular weight is 562 g/mol. The fourth-order valence-corrected chi connectivity index (χ4v) is 5.89. The number of carbonyl (C=O) groups excluding carboxylic acids is 1. The quantitative estimate of drug-likeness (QED) is 0.340. The van der Waals surface area contributed by atoms with Gasteiger partial charge in [0.05, 0.1) is 11.7 Å². The number of hydrogen-bond acceptors (Lipinski definition) is 8. The van der Waals surface area contributed by atoms with Gasteiger partial charge in [-0.15, -0.1) is 11.3 Å². The first-order valence-electron chi connectivity index (χ1n) is 13.7. The number of hydrogen-bond donors (Lipinski definition) is 1. The highest BCUT2D eigenvalue weighted by molar-refractivity contribution is 7.12. The largest absolute Gasteiger partial charge is 0.444 e. The van der Waals surface area contributed by atoms with E-state index in [1.807, 2.05) is 37.6 Å². The van der Waals surface area contributed by atoms with Crippen LogP contribution < -0.4 is 10.9 Å². The van der Waals surface area contributed by atoms with Gasteiger partial charge in [0.1, 0.15) is 11.0 Å². The maximum Gasteiger partial charge on any atom is 0.410 e. The Bertz CT molecular complexity index is 1670. The van der Waals surface area contributed by atoms with Crippen molar-refractivity contribution in [3.05, 3.63) is 57.0 Å². The van der Waals surface area contributed by atoms with Gasteiger partial charge in [-0.1, -0.05) is 26.8 Å². The summed E-state index contributed by atoms with van der Waals surface area (Å²) in [5.74, 6) is 0.410. The van der Waals surface area contributed by atoms with Crippen LogP contribution in [0.15, 0.2) is 34.6 Å². The molecule has 1 fully saturated rings. The summed E-state index contributed by atoms with van der Waals surface area (Å²) in [6.45, 7) is 13.1. The lowest BCUT2D eigenvalue weighted by Gasteiger charge is -2.31. The average Bonchev–Trinajstić information content (AvgIpc) is 3.50. The molecule has 0 unspecified atom stereocenters. The van der Waals surface area contributed by atoms with E-state index in [0.717, 1.165) is 41.3 Å². The van der Waals surface area contributed by atoms with E-state index in [4.69, 9.17) is 14.7 Å². The molecule has 1 aliphatic carbocycles. The monoisotopic (exact) mass is 561 g/mol. The number of aromatic nitrogens is 5. The summed E-state index contributed by atoms with van der Waals surface area (Å²) in [6.07, 6.45) is 3.98. The van der Waals surface area contributed by atoms with Gasteiger partial charge in [0.25, 0.3) is 5.56 Å². The smallest absolute Gasteiger partial charge is 0.410 e. The normalized spacial score (nSPS) is 15.8. The molecule has 6 rings (SSSR count). The van der Waals surface area contributed by atoms with Crippen LogP contribution in [0.25, 0.3) is 16.2 Å². The summed E-state index contributed by atoms with van der Waals surface area (Å²) in [6, 6.07) is 6.22. The fourth-order valence-electron chi connectivity index (χ4n) is 4.84. The molecule has 0 bridgehead atoms. The lowest BCUT2D eigenvalue weighted by molar-refractivity contribution is 0.0224. The Kier molecular flexibility index (Phi) is 6.25. The molecule has 4 heterocycles. The minimum atomic E-state index is -0.522. The third kappa shape index (κ3) is 5.10. The molecule has 40 heavy (non-hydrogen) atoms. The van der Waals surface area contributed by atoms with Crippen molar-refractivity contribution in [2.45, 2.75) is 84.4 Å². The van der Waals surface area contributed by atoms with Crippen LogP contribution in [0.4, 0.5) is 16.4 Å². The summed E-state index contributed by atoms with van der Waals surface area (Å²) >= 11 is 1.52. The van der Waals surface area contributed by atoms with Crippen LogP contribution in [0.1, 0.15) is 77.2 Å². The fraction of sp³-hybridized carbons (Fsp3) is 0.483. The van der Waals surface area contributed by atoms with Crippen LogP contribution in [0.2, 0.25) is 0 Å². The number of ether oxygens (including phenoxy) is 1. The van der Waals surface area contributed by atoms with E-state index in [2.05, 4.69) is 42.5 Å². The van der Waals surface area contributed by atoms with Crippen LogP contribution in [0.3, 0.4) is 0 Å². The van der Waals surface area contributed by atoms with Crippen molar-refractivity contribution in [1.82, 2.24) is 29.2 Å². The summed E-state index contributed by atoms with van der Waals surface area (Å²) < 4.78 is 9.22. The maximum atomic E-state index is 13.4. The zero-order chi connectivity index (χ0) is 28.4. The summed E-state index contributed by atoms with van der Waals surface area (Å²) in [5, 5.41) is 6.60. The highest BCUT2D eigenvalue weighted by Gasteiger charge is 2.32. The number of carbonyl (C=O) groups is 1. The second kappa shape index (κ2) is 9.43. The van der Waals surface area contributed by atoms with Crippen molar-refractivity contribution in [1.29, 1.82) is 0 Å². The molecule has 10 nitrogen and oxygen atoms in total. The number of amides is 1. The number of fused-ring (bicyclic) bond motifs is 2. The molecular weight excluding hydrogens is 526 g/mol. The topological polar surface area (TPSA) is 107 Å². The van der Waals surface area contributed by atoms with Crippen LogP contribution >= 0.6 is 11.3 Å². The Morgan fingerprint density at radius 3 is 2.55 bits per heavy atom. The van der Waals surface area contributed by atoms with Gasteiger partial charge in [-0.05, 0) is 63.3 Å². The SMILES string of the molecule is CC(C)(C)OC(=O)N1CCc2cc(Nc3ncc4c(=O)n(C5CC5)n(-c5nc(C(C)(C)C)cs5)c4n3)ccc2C1. The molecule has 2 aliphatic rings. The first kappa shape index (κ1) is 26.5. The molecule has 1 amide bonds. The third-order valence-electron chi connectivity index (χ3n) is 7.08. The molecule has 210 valence electrons. The minimum absolute atomic E-state index is 0.0834. The molecule has 0 spiro atoms. The zero-order valence-corrected chi connectivity index (χ0v) is 24.6. The van der Waals surface area contributed by atoms with E-state index in [0.29, 0.717) is 30.1 Å². The minimum Gasteiger partial charge on any atom is -0.444 e. The molecule has 3 aromatic heterocycles. The van der Waals surface area contributed by atoms with E-state index in [1.54, 1.807) is 15.8 Å². The predicted molar refractivity (Wildman–Crippen MR) is 156 cm³/mol. The van der Waals surface area contributed by atoms with Crippen molar-refractivity contribution in [3.8, 4) is 5.13 Å². The van der Waals surface area contributed by atoms with Crippen molar-refractivity contribution in [2.24, 2.45) is 0 Å². The van der Waals surface area contributed by atoms with E-state index in [-0.39, 0.29) is 23.1 Å². The standard InChI is InChI=1S/C29H35N7O3S/c1-28(2,3)22-16-40-26(32-22)36-23-21(24(37)35(36)20-9-10-20)14-30-25(33-23)31-19-8-7-18-15-34(12-11-17(18)13-19)27(38)39-29(4,5)6/h7-8,13-14,16,20H,9-12,15H2,1-6H3,(H,30,31,33). The second-order valence-electron chi connectivity index (χ2n) is 12.6. The molecule has 0 radical (unpaired) electrons. The first-order valence-corrected chi connectivity index (χ1v) is 14.6. The van der Waals surface area contributed by atoms with Crippen molar-refractivity contribution in [3.63, 3.8) is 0 Å². The summed E-state index contributed by atoms with van der Waals surface area (Å²) in [4.78, 5) is 41.8. The number of nitrogens with zero attached hydrogens (tertiary/aromatic N) is 6. The van der Waals surface area contributed by atoms with Gasteiger partial charge in [0.2, 0.25) is 11.1 Å². The van der Waals surface area contributed by atoms with Crippen molar-refractivity contribution >= 4 is 40.1 Å².